The van der Waals surface area contributed by atoms with Gasteiger partial charge in [-0.1, -0.05) is 42.5 Å². The van der Waals surface area contributed by atoms with Crippen molar-refractivity contribution in [1.82, 2.24) is 0 Å². The largest absolute Gasteiger partial charge is 0.497 e. The summed E-state index contributed by atoms with van der Waals surface area (Å²) in [5.41, 5.74) is 1.24. The van der Waals surface area contributed by atoms with Crippen LogP contribution in [0.3, 0.4) is 0 Å². The molecule has 3 aromatic carbocycles. The van der Waals surface area contributed by atoms with Crippen LogP contribution in [-0.4, -0.2) is 18.9 Å². The highest BCUT2D eigenvalue weighted by Gasteiger charge is 2.15. The van der Waals surface area contributed by atoms with Crippen LogP contribution in [0.1, 0.15) is 22.8 Å². The van der Waals surface area contributed by atoms with Crippen molar-refractivity contribution in [3.63, 3.8) is 0 Å². The van der Waals surface area contributed by atoms with Gasteiger partial charge in [-0.05, 0) is 35.4 Å². The van der Waals surface area contributed by atoms with Gasteiger partial charge in [0.25, 0.3) is 0 Å². The fourth-order valence-corrected chi connectivity index (χ4v) is 2.77. The van der Waals surface area contributed by atoms with Crippen molar-refractivity contribution in [2.24, 2.45) is 0 Å². The molecule has 0 bridgehead atoms. The monoisotopic (exact) mass is 334 g/mol. The van der Waals surface area contributed by atoms with Crippen LogP contribution in [0.15, 0.2) is 60.7 Å². The van der Waals surface area contributed by atoms with Gasteiger partial charge in [-0.2, -0.15) is 0 Å². The summed E-state index contributed by atoms with van der Waals surface area (Å²) in [5, 5.41) is 2.08. The summed E-state index contributed by atoms with van der Waals surface area (Å²) in [7, 11) is 1.52. The van der Waals surface area contributed by atoms with Gasteiger partial charge in [-0.25, -0.2) is 0 Å². The van der Waals surface area contributed by atoms with Crippen molar-refractivity contribution in [1.29, 1.82) is 0 Å². The van der Waals surface area contributed by atoms with Gasteiger partial charge in [-0.3, -0.25) is 9.59 Å². The molecule has 0 fully saturated rings. The SMILES string of the molecule is COc1ccc(C(C)=O)c(OC(=O)Cc2cccc3ccccc23)c1. The molecule has 0 aromatic heterocycles. The van der Waals surface area contributed by atoms with Crippen molar-refractivity contribution < 1.29 is 19.1 Å². The number of ketones is 1. The third kappa shape index (κ3) is 3.69. The first-order chi connectivity index (χ1) is 12.1. The average molecular weight is 334 g/mol. The zero-order valence-electron chi connectivity index (χ0n) is 14.1. The molecule has 0 spiro atoms. The first-order valence-corrected chi connectivity index (χ1v) is 7.95. The van der Waals surface area contributed by atoms with Crippen LogP contribution in [0.4, 0.5) is 0 Å². The van der Waals surface area contributed by atoms with Crippen LogP contribution in [0, 0.1) is 0 Å². The Bertz CT molecular complexity index is 938. The zero-order valence-corrected chi connectivity index (χ0v) is 14.1. The molecule has 0 radical (unpaired) electrons. The molecule has 0 amide bonds. The lowest BCUT2D eigenvalue weighted by Crippen LogP contribution is -2.13. The van der Waals surface area contributed by atoms with E-state index in [0.29, 0.717) is 11.3 Å². The minimum absolute atomic E-state index is 0.121. The maximum atomic E-state index is 12.4. The van der Waals surface area contributed by atoms with Gasteiger partial charge < -0.3 is 9.47 Å². The molecule has 0 atom stereocenters. The Morgan fingerprint density at radius 2 is 1.72 bits per heavy atom. The second kappa shape index (κ2) is 7.18. The van der Waals surface area contributed by atoms with E-state index in [2.05, 4.69) is 0 Å². The number of hydrogen-bond donors (Lipinski definition) is 0. The van der Waals surface area contributed by atoms with Gasteiger partial charge in [0.05, 0.1) is 19.1 Å². The Balaban J connectivity index is 1.86. The van der Waals surface area contributed by atoms with Crippen LogP contribution >= 0.6 is 0 Å². The highest BCUT2D eigenvalue weighted by molar-refractivity contribution is 5.98. The fraction of sp³-hybridized carbons (Fsp3) is 0.143. The molecule has 0 saturated carbocycles. The van der Waals surface area contributed by atoms with Gasteiger partial charge in [0, 0.05) is 6.07 Å². The Hall–Kier alpha value is -3.14. The topological polar surface area (TPSA) is 52.6 Å². The molecule has 0 aliphatic heterocycles. The summed E-state index contributed by atoms with van der Waals surface area (Å²) >= 11 is 0. The molecule has 4 heteroatoms. The average Bonchev–Trinajstić information content (AvgIpc) is 2.61. The molecule has 3 rings (SSSR count). The third-order valence-electron chi connectivity index (χ3n) is 4.01. The van der Waals surface area contributed by atoms with Gasteiger partial charge in [-0.15, -0.1) is 0 Å². The van der Waals surface area contributed by atoms with Gasteiger partial charge in [0.2, 0.25) is 0 Å². The first kappa shape index (κ1) is 16.7. The normalized spacial score (nSPS) is 10.5. The molecule has 4 nitrogen and oxygen atoms in total. The van der Waals surface area contributed by atoms with Crippen molar-refractivity contribution in [3.05, 3.63) is 71.8 Å². The van der Waals surface area contributed by atoms with E-state index in [4.69, 9.17) is 9.47 Å². The molecule has 0 unspecified atom stereocenters. The number of rotatable bonds is 5. The van der Waals surface area contributed by atoms with E-state index in [1.165, 1.54) is 14.0 Å². The third-order valence-corrected chi connectivity index (χ3v) is 4.01. The quantitative estimate of drug-likeness (QED) is 0.399. The lowest BCUT2D eigenvalue weighted by atomic mass is 10.0. The van der Waals surface area contributed by atoms with E-state index in [-0.39, 0.29) is 18.0 Å². The summed E-state index contributed by atoms with van der Waals surface area (Å²) < 4.78 is 10.6. The number of methoxy groups -OCH3 is 1. The zero-order chi connectivity index (χ0) is 17.8. The first-order valence-electron chi connectivity index (χ1n) is 7.95. The fourth-order valence-electron chi connectivity index (χ4n) is 2.77. The highest BCUT2D eigenvalue weighted by atomic mass is 16.5. The van der Waals surface area contributed by atoms with Gasteiger partial charge in [0.15, 0.2) is 5.78 Å². The number of ether oxygens (including phenoxy) is 2. The molecule has 0 heterocycles. The Morgan fingerprint density at radius 1 is 0.960 bits per heavy atom. The van der Waals surface area contributed by atoms with Crippen molar-refractivity contribution in [2.75, 3.05) is 7.11 Å². The molecule has 0 aliphatic rings. The second-order valence-corrected chi connectivity index (χ2v) is 5.71. The number of esters is 1. The number of Topliss-reactive ketones (excluding diaryl/α,β-unsaturated/α-hetero) is 1. The number of hydrogen-bond acceptors (Lipinski definition) is 4. The molecule has 25 heavy (non-hydrogen) atoms. The van der Waals surface area contributed by atoms with Gasteiger partial charge in [0.1, 0.15) is 11.5 Å². The van der Waals surface area contributed by atoms with Crippen molar-refractivity contribution in [3.8, 4) is 11.5 Å². The predicted octanol–water partition coefficient (Wildman–Crippen LogP) is 4.20. The van der Waals surface area contributed by atoms with Crippen LogP contribution < -0.4 is 9.47 Å². The van der Waals surface area contributed by atoms with Crippen LogP contribution in [0.2, 0.25) is 0 Å². The summed E-state index contributed by atoms with van der Waals surface area (Å²) in [6.07, 6.45) is 0.121. The lowest BCUT2D eigenvalue weighted by Gasteiger charge is -2.11. The predicted molar refractivity (Wildman–Crippen MR) is 96.3 cm³/mol. The highest BCUT2D eigenvalue weighted by Crippen LogP contribution is 2.26. The van der Waals surface area contributed by atoms with Crippen molar-refractivity contribution in [2.45, 2.75) is 13.3 Å². The minimum Gasteiger partial charge on any atom is -0.497 e. The second-order valence-electron chi connectivity index (χ2n) is 5.71. The molecule has 0 aliphatic carbocycles. The smallest absolute Gasteiger partial charge is 0.315 e. The maximum absolute atomic E-state index is 12.4. The number of benzene rings is 3. The molecule has 0 saturated heterocycles. The van der Waals surface area contributed by atoms with E-state index in [0.717, 1.165) is 16.3 Å². The Morgan fingerprint density at radius 3 is 2.48 bits per heavy atom. The van der Waals surface area contributed by atoms with Gasteiger partial charge >= 0.3 is 5.97 Å². The van der Waals surface area contributed by atoms with Crippen molar-refractivity contribution >= 4 is 22.5 Å². The van der Waals surface area contributed by atoms with E-state index in [1.54, 1.807) is 18.2 Å². The van der Waals surface area contributed by atoms with Crippen LogP contribution in [0.5, 0.6) is 11.5 Å². The molecular weight excluding hydrogens is 316 g/mol. The van der Waals surface area contributed by atoms with E-state index in [9.17, 15) is 9.59 Å². The summed E-state index contributed by atoms with van der Waals surface area (Å²) in [6.45, 7) is 1.43. The molecule has 0 N–H and O–H groups in total. The summed E-state index contributed by atoms with van der Waals surface area (Å²) in [5.74, 6) is 0.151. The number of fused-ring (bicyclic) bond motifs is 1. The number of carbonyl (C=O) groups excluding carboxylic acids is 2. The summed E-state index contributed by atoms with van der Waals surface area (Å²) in [4.78, 5) is 24.2. The van der Waals surface area contributed by atoms with E-state index in [1.807, 2.05) is 42.5 Å². The standard InChI is InChI=1S/C21H18O4/c1-14(22)18-11-10-17(24-2)13-20(18)25-21(23)12-16-8-5-7-15-6-3-4-9-19(15)16/h3-11,13H,12H2,1-2H3. The molecule has 126 valence electrons. The maximum Gasteiger partial charge on any atom is 0.315 e. The number of carbonyl (C=O) groups is 2. The minimum atomic E-state index is -0.424. The van der Waals surface area contributed by atoms with Crippen LogP contribution in [0.25, 0.3) is 10.8 Å². The Labute approximate surface area is 146 Å². The Kier molecular flexibility index (Phi) is 4.80. The molecule has 3 aromatic rings. The summed E-state index contributed by atoms with van der Waals surface area (Å²) in [6, 6.07) is 18.5. The van der Waals surface area contributed by atoms with E-state index < -0.39 is 5.97 Å². The van der Waals surface area contributed by atoms with Crippen LogP contribution in [-0.2, 0) is 11.2 Å². The van der Waals surface area contributed by atoms with E-state index >= 15 is 0 Å². The lowest BCUT2D eigenvalue weighted by molar-refractivity contribution is -0.133. The molecular formula is C21H18O4.